The van der Waals surface area contributed by atoms with E-state index in [4.69, 9.17) is 4.74 Å². The van der Waals surface area contributed by atoms with Gasteiger partial charge >= 0.3 is 0 Å². The first-order chi connectivity index (χ1) is 17.6. The Bertz CT molecular complexity index is 1300. The van der Waals surface area contributed by atoms with Crippen LogP contribution in [0.2, 0.25) is 0 Å². The number of rotatable bonds is 11. The second-order valence-electron chi connectivity index (χ2n) is 8.95. The molecule has 11 nitrogen and oxygen atoms in total. The molecule has 3 aromatic rings. The van der Waals surface area contributed by atoms with Crippen LogP contribution in [0.25, 0.3) is 10.9 Å². The molecule has 0 aliphatic carbocycles. The summed E-state index contributed by atoms with van der Waals surface area (Å²) >= 11 is 0. The zero-order valence-corrected chi connectivity index (χ0v) is 21.1. The molecule has 0 spiro atoms. The number of methoxy groups -OCH3 is 1. The third-order valence-corrected chi connectivity index (χ3v) is 5.79. The van der Waals surface area contributed by atoms with Gasteiger partial charge in [0.05, 0.1) is 7.11 Å². The van der Waals surface area contributed by atoms with Crippen molar-refractivity contribution in [2.24, 2.45) is 5.92 Å². The van der Waals surface area contributed by atoms with Gasteiger partial charge in [0.25, 0.3) is 11.8 Å². The van der Waals surface area contributed by atoms with Crippen molar-refractivity contribution in [3.05, 3.63) is 53.9 Å². The van der Waals surface area contributed by atoms with Gasteiger partial charge in [0, 0.05) is 36.1 Å². The summed E-state index contributed by atoms with van der Waals surface area (Å²) in [4.78, 5) is 58.0. The number of carbonyl (C=O) groups is 4. The van der Waals surface area contributed by atoms with Gasteiger partial charge in [-0.15, -0.1) is 0 Å². The first-order valence-electron chi connectivity index (χ1n) is 11.8. The van der Waals surface area contributed by atoms with Gasteiger partial charge in [-0.3, -0.25) is 19.2 Å². The average Bonchev–Trinajstić information content (AvgIpc) is 3.32. The van der Waals surface area contributed by atoms with E-state index in [1.165, 1.54) is 26.4 Å². The number of hydrogen-bond acceptors (Lipinski definition) is 7. The number of nitrogens with zero attached hydrogens (tertiary/aromatic N) is 1. The molecule has 2 heterocycles. The molecule has 196 valence electrons. The Balaban J connectivity index is 1.83. The molecule has 0 radical (unpaired) electrons. The van der Waals surface area contributed by atoms with Crippen molar-refractivity contribution in [3.8, 4) is 11.6 Å². The number of pyridine rings is 1. The molecular formula is C26H31N5O6. The van der Waals surface area contributed by atoms with Gasteiger partial charge in [0.15, 0.2) is 0 Å². The highest BCUT2D eigenvalue weighted by molar-refractivity contribution is 6.38. The van der Waals surface area contributed by atoms with E-state index in [9.17, 15) is 24.3 Å². The van der Waals surface area contributed by atoms with E-state index >= 15 is 0 Å². The summed E-state index contributed by atoms with van der Waals surface area (Å²) in [7, 11) is 2.84. The molecule has 1 aromatic carbocycles. The number of ketones is 1. The molecule has 37 heavy (non-hydrogen) atoms. The minimum absolute atomic E-state index is 0.0225. The number of fused-ring (bicyclic) bond motifs is 1. The molecule has 0 saturated carbocycles. The van der Waals surface area contributed by atoms with Crippen LogP contribution in [0.5, 0.6) is 11.6 Å². The zero-order valence-electron chi connectivity index (χ0n) is 21.1. The molecule has 0 bridgehead atoms. The highest BCUT2D eigenvalue weighted by Crippen LogP contribution is 2.26. The van der Waals surface area contributed by atoms with Crippen LogP contribution in [-0.2, 0) is 20.8 Å². The molecule has 0 aliphatic rings. The predicted octanol–water partition coefficient (Wildman–Crippen LogP) is 1.46. The average molecular weight is 510 g/mol. The van der Waals surface area contributed by atoms with Crippen molar-refractivity contribution in [3.63, 3.8) is 0 Å². The maximum atomic E-state index is 13.3. The van der Waals surface area contributed by atoms with Crippen LogP contribution in [0, 0.1) is 5.92 Å². The molecule has 11 heteroatoms. The minimum atomic E-state index is -1.29. The number of ether oxygens (including phenoxy) is 1. The Kier molecular flexibility index (Phi) is 8.83. The van der Waals surface area contributed by atoms with Crippen molar-refractivity contribution in [1.29, 1.82) is 0 Å². The van der Waals surface area contributed by atoms with Crippen molar-refractivity contribution in [2.75, 3.05) is 14.2 Å². The number of amides is 3. The Morgan fingerprint density at radius 2 is 1.84 bits per heavy atom. The van der Waals surface area contributed by atoms with Crippen LogP contribution >= 0.6 is 0 Å². The van der Waals surface area contributed by atoms with Gasteiger partial charge in [-0.05, 0) is 36.6 Å². The number of hydrogen-bond donors (Lipinski definition) is 5. The Labute approximate surface area is 214 Å². The van der Waals surface area contributed by atoms with Gasteiger partial charge in [0.2, 0.25) is 17.6 Å². The smallest absolute Gasteiger partial charge is 0.289 e. The largest absolute Gasteiger partial charge is 0.496 e. The molecule has 3 amide bonds. The van der Waals surface area contributed by atoms with Gasteiger partial charge in [-0.1, -0.05) is 26.0 Å². The molecule has 0 aliphatic heterocycles. The van der Waals surface area contributed by atoms with E-state index in [2.05, 4.69) is 25.9 Å². The van der Waals surface area contributed by atoms with Crippen molar-refractivity contribution in [1.82, 2.24) is 25.9 Å². The summed E-state index contributed by atoms with van der Waals surface area (Å²) in [6, 6.07) is 7.82. The lowest BCUT2D eigenvalue weighted by Gasteiger charge is -2.23. The monoisotopic (exact) mass is 509 g/mol. The number of benzene rings is 1. The Hall–Kier alpha value is -4.41. The molecule has 2 atom stereocenters. The topological polar surface area (TPSA) is 163 Å². The van der Waals surface area contributed by atoms with Gasteiger partial charge < -0.3 is 30.8 Å². The van der Waals surface area contributed by atoms with Crippen LogP contribution in [-0.4, -0.2) is 64.8 Å². The number of nitrogens with one attached hydrogen (secondary N) is 4. The second-order valence-corrected chi connectivity index (χ2v) is 8.95. The van der Waals surface area contributed by atoms with Gasteiger partial charge in [-0.2, -0.15) is 0 Å². The summed E-state index contributed by atoms with van der Waals surface area (Å²) in [5.74, 6) is -2.64. The number of aromatic nitrogens is 2. The summed E-state index contributed by atoms with van der Waals surface area (Å²) in [6.07, 6.45) is 1.49. The lowest BCUT2D eigenvalue weighted by Crippen LogP contribution is -2.54. The predicted molar refractivity (Wildman–Crippen MR) is 136 cm³/mol. The van der Waals surface area contributed by atoms with Crippen LogP contribution in [0.15, 0.2) is 42.6 Å². The quantitative estimate of drug-likeness (QED) is 0.244. The standard InChI is InChI=1S/C26H31N5O6/c1-14(2)11-19(31-25(35)20-13-16-17(29-20)8-5-9-21(16)37-4)24(34)30-18(22(32)26(36)27-3)12-15-7-6-10-28-23(15)33/h5-10,13-14,18-19,29H,11-12H2,1-4H3,(H,27,36)(H,28,33)(H,30,34)(H,31,35). The summed E-state index contributed by atoms with van der Waals surface area (Å²) in [6.45, 7) is 3.78. The summed E-state index contributed by atoms with van der Waals surface area (Å²) in [5.41, 5.74) is 1.21. The number of carbonyl (C=O) groups excluding carboxylic acids is 4. The van der Waals surface area contributed by atoms with Crippen LogP contribution < -0.4 is 20.7 Å². The molecule has 2 aromatic heterocycles. The molecule has 0 saturated heterocycles. The molecular weight excluding hydrogens is 478 g/mol. The first kappa shape index (κ1) is 27.2. The van der Waals surface area contributed by atoms with E-state index < -0.39 is 35.6 Å². The third-order valence-electron chi connectivity index (χ3n) is 5.79. The second kappa shape index (κ2) is 12.0. The number of aromatic amines is 1. The van der Waals surface area contributed by atoms with E-state index in [-0.39, 0.29) is 35.9 Å². The molecule has 3 rings (SSSR count). The fourth-order valence-electron chi connectivity index (χ4n) is 3.94. The van der Waals surface area contributed by atoms with Crippen molar-refractivity contribution in [2.45, 2.75) is 38.8 Å². The highest BCUT2D eigenvalue weighted by atomic mass is 16.5. The van der Waals surface area contributed by atoms with Gasteiger partial charge in [-0.25, -0.2) is 4.98 Å². The van der Waals surface area contributed by atoms with E-state index in [0.29, 0.717) is 16.7 Å². The molecule has 5 N–H and O–H groups in total. The summed E-state index contributed by atoms with van der Waals surface area (Å²) < 4.78 is 5.34. The number of Topliss-reactive ketones (excluding diaryl/α,β-unsaturated/α-hetero) is 1. The SMILES string of the molecule is CNC(=O)C(=O)C(Cc1cccnc1O)NC(=O)C(CC(C)C)NC(=O)c1cc2c(OC)cccc2[nH]1. The number of aromatic hydroxyl groups is 1. The van der Waals surface area contributed by atoms with Crippen molar-refractivity contribution < 1.29 is 29.0 Å². The highest BCUT2D eigenvalue weighted by Gasteiger charge is 2.31. The van der Waals surface area contributed by atoms with Crippen molar-refractivity contribution >= 4 is 34.4 Å². The number of likely N-dealkylation sites (N-methyl/N-ethyl adjacent to an activating group) is 1. The fourth-order valence-corrected chi connectivity index (χ4v) is 3.94. The van der Waals surface area contributed by atoms with E-state index in [0.717, 1.165) is 0 Å². The maximum absolute atomic E-state index is 13.3. The van der Waals surface area contributed by atoms with E-state index in [1.54, 1.807) is 30.3 Å². The van der Waals surface area contributed by atoms with Gasteiger partial charge in [0.1, 0.15) is 23.5 Å². The Morgan fingerprint density at radius 3 is 2.49 bits per heavy atom. The normalized spacial score (nSPS) is 12.6. The fraction of sp³-hybridized carbons (Fsp3) is 0.346. The minimum Gasteiger partial charge on any atom is -0.496 e. The van der Waals surface area contributed by atoms with E-state index in [1.807, 2.05) is 13.8 Å². The van der Waals surface area contributed by atoms with Crippen LogP contribution in [0.4, 0.5) is 0 Å². The zero-order chi connectivity index (χ0) is 27.1. The lowest BCUT2D eigenvalue weighted by molar-refractivity contribution is -0.140. The van der Waals surface area contributed by atoms with Crippen LogP contribution in [0.1, 0.15) is 36.3 Å². The third kappa shape index (κ3) is 6.63. The molecule has 2 unspecified atom stereocenters. The maximum Gasteiger partial charge on any atom is 0.289 e. The first-order valence-corrected chi connectivity index (χ1v) is 11.8. The summed E-state index contributed by atoms with van der Waals surface area (Å²) in [5, 5.41) is 18.3. The number of H-pyrrole nitrogens is 1. The lowest BCUT2D eigenvalue weighted by atomic mass is 9.99. The molecule has 0 fully saturated rings. The van der Waals surface area contributed by atoms with Crippen LogP contribution in [0.3, 0.4) is 0 Å². The Morgan fingerprint density at radius 1 is 1.08 bits per heavy atom.